The van der Waals surface area contributed by atoms with Gasteiger partial charge in [-0.15, -0.1) is 0 Å². The zero-order chi connectivity index (χ0) is 69.0. The first-order chi connectivity index (χ1) is 46.5. The summed E-state index contributed by atoms with van der Waals surface area (Å²) in [5, 5.41) is 14.0. The van der Waals surface area contributed by atoms with E-state index in [-0.39, 0.29) is 12.5 Å². The molecule has 0 heterocycles. The average Bonchev–Trinajstić information content (AvgIpc) is 2.01. The molecule has 1 amide bonds. The molecule has 0 aromatic rings. The van der Waals surface area contributed by atoms with E-state index in [1.54, 1.807) is 6.08 Å². The molecule has 0 radical (unpaired) electrons. The molecule has 0 fully saturated rings. The Morgan fingerprint density at radius 2 is 0.653 bits per heavy atom. The van der Waals surface area contributed by atoms with E-state index in [4.69, 9.17) is 9.05 Å². The van der Waals surface area contributed by atoms with Crippen LogP contribution in [0.25, 0.3) is 0 Å². The molecule has 95 heavy (non-hydrogen) atoms. The first-order valence-corrected chi connectivity index (χ1v) is 41.2. The minimum atomic E-state index is -4.63. The van der Waals surface area contributed by atoms with Gasteiger partial charge in [0.05, 0.1) is 39.9 Å². The molecular formula is C86H151N2O6P. The Hall–Kier alpha value is -3.62. The molecule has 0 aliphatic heterocycles. The van der Waals surface area contributed by atoms with Gasteiger partial charge in [-0.25, -0.2) is 0 Å². The van der Waals surface area contributed by atoms with E-state index in [2.05, 4.69) is 153 Å². The van der Waals surface area contributed by atoms with Crippen LogP contribution >= 0.6 is 7.82 Å². The Kier molecular flexibility index (Phi) is 71.8. The molecular weight excluding hydrogens is 1190 g/mol. The molecule has 3 atom stereocenters. The highest BCUT2D eigenvalue weighted by atomic mass is 31.2. The van der Waals surface area contributed by atoms with E-state index in [0.29, 0.717) is 17.4 Å². The fourth-order valence-corrected chi connectivity index (χ4v) is 11.9. The molecule has 0 aromatic carbocycles. The maximum atomic E-state index is 13.1. The number of amides is 1. The third kappa shape index (κ3) is 77.6. The number of hydrogen-bond acceptors (Lipinski definition) is 6. The number of phosphoric ester groups is 1. The number of nitrogens with zero attached hydrogens (tertiary/aromatic N) is 1. The number of aliphatic hydroxyl groups is 1. The third-order valence-corrected chi connectivity index (χ3v) is 18.2. The highest BCUT2D eigenvalue weighted by Gasteiger charge is 2.23. The molecule has 3 unspecified atom stereocenters. The van der Waals surface area contributed by atoms with Gasteiger partial charge in [0, 0.05) is 6.42 Å². The molecule has 0 spiro atoms. The van der Waals surface area contributed by atoms with E-state index >= 15 is 0 Å². The lowest BCUT2D eigenvalue weighted by molar-refractivity contribution is -0.870. The van der Waals surface area contributed by atoms with E-state index in [0.717, 1.165) is 103 Å². The van der Waals surface area contributed by atoms with Crippen LogP contribution in [0.15, 0.2) is 146 Å². The van der Waals surface area contributed by atoms with Crippen molar-refractivity contribution in [3.8, 4) is 0 Å². The number of carbonyl (C=O) groups is 1. The van der Waals surface area contributed by atoms with Crippen LogP contribution in [0.2, 0.25) is 0 Å². The third-order valence-electron chi connectivity index (χ3n) is 17.3. The second-order valence-corrected chi connectivity index (χ2v) is 29.1. The summed E-state index contributed by atoms with van der Waals surface area (Å²) in [6.45, 7) is 4.53. The molecule has 0 aliphatic carbocycles. The summed E-state index contributed by atoms with van der Waals surface area (Å²) in [6, 6.07) is -0.922. The van der Waals surface area contributed by atoms with E-state index in [1.165, 1.54) is 218 Å². The molecule has 0 saturated carbocycles. The lowest BCUT2D eigenvalue weighted by atomic mass is 10.0. The number of nitrogens with one attached hydrogen (secondary N) is 1. The van der Waals surface area contributed by atoms with Crippen LogP contribution in [-0.4, -0.2) is 68.5 Å². The first kappa shape index (κ1) is 91.4. The van der Waals surface area contributed by atoms with Crippen molar-refractivity contribution in [2.45, 2.75) is 353 Å². The van der Waals surface area contributed by atoms with Gasteiger partial charge >= 0.3 is 0 Å². The smallest absolute Gasteiger partial charge is 0.268 e. The first-order valence-electron chi connectivity index (χ1n) is 39.7. The second-order valence-electron chi connectivity index (χ2n) is 27.7. The van der Waals surface area contributed by atoms with Gasteiger partial charge in [-0.1, -0.05) is 365 Å². The van der Waals surface area contributed by atoms with Crippen molar-refractivity contribution < 1.29 is 32.9 Å². The van der Waals surface area contributed by atoms with Crippen molar-refractivity contribution in [1.82, 2.24) is 5.32 Å². The number of phosphoric acid groups is 1. The summed E-state index contributed by atoms with van der Waals surface area (Å²) in [4.78, 5) is 25.7. The van der Waals surface area contributed by atoms with Crippen LogP contribution in [-0.2, 0) is 18.4 Å². The topological polar surface area (TPSA) is 108 Å². The van der Waals surface area contributed by atoms with Crippen molar-refractivity contribution in [3.63, 3.8) is 0 Å². The molecule has 2 N–H and O–H groups in total. The fraction of sp³-hybridized carbons (Fsp3) is 0.709. The largest absolute Gasteiger partial charge is 0.756 e. The Labute approximate surface area is 589 Å². The molecule has 8 nitrogen and oxygen atoms in total. The number of carbonyl (C=O) groups excluding carboxylic acids is 1. The minimum absolute atomic E-state index is 0.0147. The summed E-state index contributed by atoms with van der Waals surface area (Å²) in [5.41, 5.74) is 0. The average molecular weight is 1340 g/mol. The lowest BCUT2D eigenvalue weighted by Gasteiger charge is -2.29. The zero-order valence-electron chi connectivity index (χ0n) is 62.6. The quantitative estimate of drug-likeness (QED) is 0.0272. The van der Waals surface area contributed by atoms with Gasteiger partial charge in [-0.2, -0.15) is 0 Å². The highest BCUT2D eigenvalue weighted by molar-refractivity contribution is 7.45. The van der Waals surface area contributed by atoms with Gasteiger partial charge in [0.1, 0.15) is 13.2 Å². The number of aliphatic hydroxyl groups excluding tert-OH is 1. The predicted molar refractivity (Wildman–Crippen MR) is 417 cm³/mol. The van der Waals surface area contributed by atoms with Gasteiger partial charge in [0.2, 0.25) is 5.91 Å². The summed E-state index contributed by atoms with van der Waals surface area (Å²) in [6.07, 6.45) is 114. The molecule has 546 valence electrons. The number of likely N-dealkylation sites (N-methyl/N-ethyl adjacent to an activating group) is 1. The summed E-state index contributed by atoms with van der Waals surface area (Å²) >= 11 is 0. The van der Waals surface area contributed by atoms with Gasteiger partial charge < -0.3 is 28.8 Å². The Morgan fingerprint density at radius 1 is 0.379 bits per heavy atom. The monoisotopic (exact) mass is 1340 g/mol. The van der Waals surface area contributed by atoms with Crippen LogP contribution < -0.4 is 10.2 Å². The van der Waals surface area contributed by atoms with Crippen molar-refractivity contribution in [2.24, 2.45) is 0 Å². The summed E-state index contributed by atoms with van der Waals surface area (Å²) < 4.78 is 23.5. The van der Waals surface area contributed by atoms with Gasteiger partial charge in [-0.05, 0) is 116 Å². The second kappa shape index (κ2) is 74.6. The Morgan fingerprint density at radius 3 is 0.979 bits per heavy atom. The predicted octanol–water partition coefficient (Wildman–Crippen LogP) is 25.6. The van der Waals surface area contributed by atoms with Crippen molar-refractivity contribution in [3.05, 3.63) is 146 Å². The van der Waals surface area contributed by atoms with Crippen LogP contribution in [0.5, 0.6) is 0 Å². The van der Waals surface area contributed by atoms with Crippen LogP contribution in [0.1, 0.15) is 341 Å². The zero-order valence-corrected chi connectivity index (χ0v) is 63.5. The van der Waals surface area contributed by atoms with Gasteiger partial charge in [0.25, 0.3) is 7.82 Å². The van der Waals surface area contributed by atoms with Crippen LogP contribution in [0.3, 0.4) is 0 Å². The van der Waals surface area contributed by atoms with Gasteiger partial charge in [0.15, 0.2) is 0 Å². The molecule has 0 bridgehead atoms. The molecule has 0 aliphatic rings. The summed E-state index contributed by atoms with van der Waals surface area (Å²) in [7, 11) is 1.23. The maximum absolute atomic E-state index is 13.1. The van der Waals surface area contributed by atoms with Crippen LogP contribution in [0, 0.1) is 0 Å². The minimum Gasteiger partial charge on any atom is -0.756 e. The van der Waals surface area contributed by atoms with Crippen molar-refractivity contribution in [1.29, 1.82) is 0 Å². The highest BCUT2D eigenvalue weighted by Crippen LogP contribution is 2.38. The molecule has 0 saturated heterocycles. The molecule has 0 aromatic heterocycles. The Bertz CT molecular complexity index is 2070. The normalized spacial score (nSPS) is 14.3. The molecule has 0 rings (SSSR count). The SMILES string of the molecule is CC/C=C\C/C=C\C/C=C\C/C=C\C/C=C\C/C=C\C/C=C\C/C=C\C/C=C\CCCCCCCCCCCCCCCC(=O)NC(COP(=O)([O-])OCC[N+](C)(C)C)C(O)/C=C/CC/C=C/CC/C=C/CCCCCCCCCCCCCCCCCCCCCCCC. The molecule has 9 heteroatoms. The number of unbranched alkanes of at least 4 members (excludes halogenated alkanes) is 37. The number of rotatable bonds is 72. The van der Waals surface area contributed by atoms with E-state index < -0.39 is 26.6 Å². The van der Waals surface area contributed by atoms with Gasteiger partial charge in [-0.3, -0.25) is 9.36 Å². The van der Waals surface area contributed by atoms with Crippen molar-refractivity contribution >= 4 is 13.7 Å². The van der Waals surface area contributed by atoms with E-state index in [1.807, 2.05) is 27.2 Å². The van der Waals surface area contributed by atoms with E-state index in [9.17, 15) is 19.4 Å². The van der Waals surface area contributed by atoms with Crippen LogP contribution in [0.4, 0.5) is 0 Å². The van der Waals surface area contributed by atoms with Crippen molar-refractivity contribution in [2.75, 3.05) is 40.9 Å². The lowest BCUT2D eigenvalue weighted by Crippen LogP contribution is -2.45. The number of allylic oxidation sites excluding steroid dienone is 23. The number of quaternary nitrogens is 1. The Balaban J connectivity index is 4.09. The fourth-order valence-electron chi connectivity index (χ4n) is 11.2. The standard InChI is InChI=1S/C86H151N2O6P/c1-6-8-10-12-14-16-18-20-22-24-26-28-30-32-34-36-38-40-41-42-43-44-45-46-47-48-50-52-54-56-58-60-62-64-66-68-70-72-74-76-78-80-86(90)87-84(83-94-95(91,92)93-82-81-88(3,4)5)85(89)79-77-75-73-71-69-67-65-63-61-59-57-55-53-51-49-39-37-35-33-31-29-27-25-23-21-19-17-15-13-11-9-7-2/h8,10,14,16,20,22,26,28,32,34,38,40,42-43,45-46,48,50,61,63,69,71,77,79,84-85,89H,6-7,9,11-13,15,17-19,21,23-25,27,29-31,33,35-37,39,41,44,47,49,51-60,62,64-68,70,72-76,78,80-83H2,1-5H3,(H-,87,90,91,92)/b10-8-,16-14-,22-20-,28-26-,34-32-,40-38-,43-42-,46-45-,50-48-,63-61+,71-69+,79-77+. The summed E-state index contributed by atoms with van der Waals surface area (Å²) in [5.74, 6) is -0.214. The maximum Gasteiger partial charge on any atom is 0.268 e. The number of hydrogen-bond donors (Lipinski definition) is 2.